The Morgan fingerprint density at radius 2 is 2.45 bits per heavy atom. The van der Waals surface area contributed by atoms with E-state index >= 15 is 0 Å². The van der Waals surface area contributed by atoms with Gasteiger partial charge in [-0.25, -0.2) is 0 Å². The van der Waals surface area contributed by atoms with Crippen LogP contribution in [0.4, 0.5) is 0 Å². The zero-order valence-electron chi connectivity index (χ0n) is 6.62. The van der Waals surface area contributed by atoms with E-state index in [0.29, 0.717) is 13.0 Å². The Morgan fingerprint density at radius 1 is 1.64 bits per heavy atom. The van der Waals surface area contributed by atoms with Crippen LogP contribution >= 0.6 is 0 Å². The maximum atomic E-state index is 10.8. The van der Waals surface area contributed by atoms with Gasteiger partial charge in [-0.2, -0.15) is 5.10 Å². The zero-order chi connectivity index (χ0) is 8.10. The average Bonchev–Trinajstić information content (AvgIpc) is 2.01. The molecule has 0 saturated carbocycles. The maximum absolute atomic E-state index is 10.8. The molecule has 11 heavy (non-hydrogen) atoms. The largest absolute Gasteiger partial charge is 0.860 e. The summed E-state index contributed by atoms with van der Waals surface area (Å²) in [5.74, 6) is 0.00766. The van der Waals surface area contributed by atoms with E-state index in [1.807, 2.05) is 5.01 Å². The Morgan fingerprint density at radius 3 is 3.09 bits per heavy atom. The first-order valence-corrected chi connectivity index (χ1v) is 4.02. The number of nitrogens with two attached hydrogens (primary N) is 1. The van der Waals surface area contributed by atoms with Crippen LogP contribution in [0.25, 0.3) is 0 Å². The Labute approximate surface area is 66.7 Å². The molecule has 0 unspecified atom stereocenters. The number of hydrogen-bond acceptors (Lipinski definition) is 4. The topological polar surface area (TPSA) is 64.7 Å². The van der Waals surface area contributed by atoms with Crippen molar-refractivity contribution < 1.29 is 5.11 Å². The van der Waals surface area contributed by atoms with Crippen molar-refractivity contribution in [1.29, 1.82) is 0 Å². The van der Waals surface area contributed by atoms with Crippen LogP contribution in [0.2, 0.25) is 0 Å². The van der Waals surface area contributed by atoms with Crippen LogP contribution in [0.5, 0.6) is 0 Å². The molecular weight excluding hydrogens is 142 g/mol. The molecule has 0 aromatic rings. The summed E-state index contributed by atoms with van der Waals surface area (Å²) in [6.07, 6.45) is 2.46. The van der Waals surface area contributed by atoms with Gasteiger partial charge in [-0.05, 0) is 31.7 Å². The Balaban J connectivity index is 2.28. The number of nitrogens with zero attached hydrogens (tertiary/aromatic N) is 2. The molecule has 0 aliphatic carbocycles. The van der Waals surface area contributed by atoms with E-state index in [0.717, 1.165) is 25.9 Å². The van der Waals surface area contributed by atoms with E-state index in [4.69, 9.17) is 5.73 Å². The van der Waals surface area contributed by atoms with Crippen molar-refractivity contribution in [2.75, 3.05) is 19.6 Å². The van der Waals surface area contributed by atoms with Gasteiger partial charge < -0.3 is 10.8 Å². The third kappa shape index (κ3) is 2.76. The lowest BCUT2D eigenvalue weighted by Gasteiger charge is -2.27. The molecule has 2 N–H and O–H groups in total. The molecule has 0 radical (unpaired) electrons. The van der Waals surface area contributed by atoms with E-state index in [1.165, 1.54) is 0 Å². The summed E-state index contributed by atoms with van der Waals surface area (Å²) >= 11 is 0. The highest BCUT2D eigenvalue weighted by Crippen LogP contribution is 2.04. The molecule has 1 aliphatic heterocycles. The second kappa shape index (κ2) is 4.18. The summed E-state index contributed by atoms with van der Waals surface area (Å²) in [6, 6.07) is 0. The lowest BCUT2D eigenvalue weighted by molar-refractivity contribution is -0.223. The summed E-state index contributed by atoms with van der Waals surface area (Å²) in [7, 11) is 0. The molecule has 4 heteroatoms. The van der Waals surface area contributed by atoms with Gasteiger partial charge in [0, 0.05) is 13.1 Å². The van der Waals surface area contributed by atoms with Crippen LogP contribution < -0.4 is 10.8 Å². The minimum atomic E-state index is 0.00766. The highest BCUT2D eigenvalue weighted by Gasteiger charge is 2.04. The molecule has 1 rings (SSSR count). The predicted octanol–water partition coefficient (Wildman–Crippen LogP) is -0.895. The molecule has 0 aromatic carbocycles. The van der Waals surface area contributed by atoms with E-state index in [-0.39, 0.29) is 5.90 Å². The van der Waals surface area contributed by atoms with Gasteiger partial charge in [0.15, 0.2) is 0 Å². The van der Waals surface area contributed by atoms with Gasteiger partial charge >= 0.3 is 0 Å². The van der Waals surface area contributed by atoms with Crippen molar-refractivity contribution in [2.24, 2.45) is 10.8 Å². The monoisotopic (exact) mass is 156 g/mol. The minimum absolute atomic E-state index is 0.00766. The molecule has 1 heterocycles. The quantitative estimate of drug-likeness (QED) is 0.576. The van der Waals surface area contributed by atoms with Crippen LogP contribution in [-0.2, 0) is 0 Å². The van der Waals surface area contributed by atoms with Gasteiger partial charge in [-0.1, -0.05) is 0 Å². The van der Waals surface area contributed by atoms with Crippen molar-refractivity contribution in [3.05, 3.63) is 0 Å². The standard InChI is InChI=1S/C7H15N3O/c8-4-2-6-10-5-1-3-7(11)9-10/h1-6,8H2,(H,9,11)/p-1. The molecule has 0 aromatic heterocycles. The summed E-state index contributed by atoms with van der Waals surface area (Å²) in [6.45, 7) is 2.40. The van der Waals surface area contributed by atoms with Gasteiger partial charge in [0.05, 0.1) is 0 Å². The van der Waals surface area contributed by atoms with E-state index in [2.05, 4.69) is 5.10 Å². The third-order valence-corrected chi connectivity index (χ3v) is 1.68. The molecule has 0 fully saturated rings. The fourth-order valence-corrected chi connectivity index (χ4v) is 1.11. The predicted molar refractivity (Wildman–Crippen MR) is 41.9 cm³/mol. The molecule has 0 bridgehead atoms. The Bertz CT molecular complexity index is 147. The fourth-order valence-electron chi connectivity index (χ4n) is 1.11. The maximum Gasteiger partial charge on any atom is 0.0371 e. The van der Waals surface area contributed by atoms with Gasteiger partial charge in [0.1, 0.15) is 0 Å². The van der Waals surface area contributed by atoms with Crippen LogP contribution in [0, 0.1) is 0 Å². The number of hydrazone groups is 1. The van der Waals surface area contributed by atoms with Crippen molar-refractivity contribution in [3.8, 4) is 0 Å². The van der Waals surface area contributed by atoms with Crippen molar-refractivity contribution >= 4 is 5.90 Å². The third-order valence-electron chi connectivity index (χ3n) is 1.68. The summed E-state index contributed by atoms with van der Waals surface area (Å²) in [4.78, 5) is 0. The van der Waals surface area contributed by atoms with Gasteiger partial charge in [0.25, 0.3) is 0 Å². The van der Waals surface area contributed by atoms with Crippen molar-refractivity contribution in [2.45, 2.75) is 19.3 Å². The smallest absolute Gasteiger partial charge is 0.0371 e. The molecular formula is C7H14N3O-. The Kier molecular flexibility index (Phi) is 3.16. The first-order valence-electron chi connectivity index (χ1n) is 4.02. The Hall–Kier alpha value is -0.770. The molecule has 0 amide bonds. The van der Waals surface area contributed by atoms with Crippen LogP contribution in [-0.4, -0.2) is 30.5 Å². The normalized spacial score (nSPS) is 18.3. The molecule has 64 valence electrons. The summed E-state index contributed by atoms with van der Waals surface area (Å²) in [5, 5.41) is 16.5. The average molecular weight is 156 g/mol. The molecule has 4 nitrogen and oxygen atoms in total. The molecule has 0 atom stereocenters. The van der Waals surface area contributed by atoms with E-state index in [1.54, 1.807) is 0 Å². The number of hydrogen-bond donors (Lipinski definition) is 1. The highest BCUT2D eigenvalue weighted by atomic mass is 16.3. The number of rotatable bonds is 3. The summed E-state index contributed by atoms with van der Waals surface area (Å²) < 4.78 is 0. The molecule has 0 saturated heterocycles. The highest BCUT2D eigenvalue weighted by molar-refractivity contribution is 5.71. The molecule has 1 aliphatic rings. The first-order chi connectivity index (χ1) is 5.33. The van der Waals surface area contributed by atoms with Crippen LogP contribution in [0.1, 0.15) is 19.3 Å². The zero-order valence-corrected chi connectivity index (χ0v) is 6.62. The van der Waals surface area contributed by atoms with Gasteiger partial charge in [0.2, 0.25) is 0 Å². The SMILES string of the molecule is NCCCN1CCCC([O-])=N1. The van der Waals surface area contributed by atoms with Crippen molar-refractivity contribution in [1.82, 2.24) is 5.01 Å². The van der Waals surface area contributed by atoms with Crippen molar-refractivity contribution in [3.63, 3.8) is 0 Å². The second-order valence-corrected chi connectivity index (χ2v) is 2.69. The lowest BCUT2D eigenvalue weighted by Crippen LogP contribution is -2.32. The first kappa shape index (κ1) is 8.33. The van der Waals surface area contributed by atoms with Crippen LogP contribution in [0.15, 0.2) is 5.10 Å². The summed E-state index contributed by atoms with van der Waals surface area (Å²) in [5.41, 5.74) is 5.33. The van der Waals surface area contributed by atoms with Gasteiger partial charge in [-0.3, -0.25) is 5.01 Å². The fraction of sp³-hybridized carbons (Fsp3) is 0.857. The van der Waals surface area contributed by atoms with E-state index < -0.39 is 0 Å². The van der Waals surface area contributed by atoms with Crippen LogP contribution in [0.3, 0.4) is 0 Å². The lowest BCUT2D eigenvalue weighted by atomic mass is 10.2. The minimum Gasteiger partial charge on any atom is -0.860 e. The molecule has 0 spiro atoms. The second-order valence-electron chi connectivity index (χ2n) is 2.69. The van der Waals surface area contributed by atoms with E-state index in [9.17, 15) is 5.11 Å². The van der Waals surface area contributed by atoms with Gasteiger partial charge in [-0.15, -0.1) is 0 Å².